The van der Waals surface area contributed by atoms with Crippen molar-refractivity contribution in [3.8, 4) is 11.8 Å². The smallest absolute Gasteiger partial charge is 0.349 e. The van der Waals surface area contributed by atoms with Gasteiger partial charge < -0.3 is 10.1 Å². The van der Waals surface area contributed by atoms with Crippen LogP contribution in [0.3, 0.4) is 0 Å². The van der Waals surface area contributed by atoms with Crippen LogP contribution >= 0.6 is 11.3 Å². The highest BCUT2D eigenvalue weighted by Crippen LogP contribution is 2.12. The van der Waals surface area contributed by atoms with Crippen molar-refractivity contribution in [3.63, 3.8) is 0 Å². The molecule has 0 aliphatic carbocycles. The molecule has 1 aromatic heterocycles. The molecular formula is C11H12N2O3S. The molecule has 90 valence electrons. The Kier molecular flexibility index (Phi) is 5.17. The number of thiazole rings is 1. The first-order chi connectivity index (χ1) is 8.13. The third-order valence-electron chi connectivity index (χ3n) is 1.71. The summed E-state index contributed by atoms with van der Waals surface area (Å²) in [6.45, 7) is 1.97. The summed E-state index contributed by atoms with van der Waals surface area (Å²) in [5.74, 6) is 5.19. The van der Waals surface area contributed by atoms with Crippen LogP contribution in [0.1, 0.15) is 28.0 Å². The fourth-order valence-electron chi connectivity index (χ4n) is 0.966. The molecule has 0 spiro atoms. The second-order valence-corrected chi connectivity index (χ2v) is 4.09. The van der Waals surface area contributed by atoms with Gasteiger partial charge >= 0.3 is 5.97 Å². The highest BCUT2D eigenvalue weighted by molar-refractivity contribution is 7.14. The zero-order valence-electron chi connectivity index (χ0n) is 9.57. The third kappa shape index (κ3) is 4.66. The Morgan fingerprint density at radius 3 is 3.00 bits per heavy atom. The van der Waals surface area contributed by atoms with Crippen molar-refractivity contribution in [2.45, 2.75) is 13.3 Å². The van der Waals surface area contributed by atoms with Crippen molar-refractivity contribution in [3.05, 3.63) is 16.1 Å². The molecule has 0 aromatic carbocycles. The lowest BCUT2D eigenvalue weighted by Crippen LogP contribution is -2.20. The number of carbonyl (C=O) groups is 2. The van der Waals surface area contributed by atoms with Gasteiger partial charge in [0.25, 0.3) is 0 Å². The van der Waals surface area contributed by atoms with E-state index >= 15 is 0 Å². The minimum atomic E-state index is -0.409. The Morgan fingerprint density at radius 1 is 1.59 bits per heavy atom. The average Bonchev–Trinajstić information content (AvgIpc) is 2.76. The molecule has 1 amide bonds. The normalized spacial score (nSPS) is 9.06. The lowest BCUT2D eigenvalue weighted by molar-refractivity contribution is -0.118. The molecule has 0 aliphatic rings. The summed E-state index contributed by atoms with van der Waals surface area (Å²) in [6.07, 6.45) is 1.99. The second kappa shape index (κ2) is 6.66. The quantitative estimate of drug-likeness (QED) is 0.491. The van der Waals surface area contributed by atoms with Crippen LogP contribution in [0.2, 0.25) is 0 Å². The van der Waals surface area contributed by atoms with Crippen molar-refractivity contribution < 1.29 is 14.3 Å². The van der Waals surface area contributed by atoms with Gasteiger partial charge in [0, 0.05) is 19.9 Å². The first kappa shape index (κ1) is 13.2. The van der Waals surface area contributed by atoms with Gasteiger partial charge in [0.2, 0.25) is 5.91 Å². The molecule has 0 saturated heterocycles. The number of hydrogen-bond donors (Lipinski definition) is 1. The van der Waals surface area contributed by atoms with Gasteiger partial charge in [0.15, 0.2) is 5.01 Å². The molecule has 0 radical (unpaired) electrons. The predicted molar refractivity (Wildman–Crippen MR) is 63.6 cm³/mol. The van der Waals surface area contributed by atoms with E-state index in [4.69, 9.17) is 0 Å². The molecule has 0 unspecified atom stereocenters. The summed E-state index contributed by atoms with van der Waals surface area (Å²) in [6, 6.07) is 0. The molecule has 1 N–H and O–H groups in total. The van der Waals surface area contributed by atoms with E-state index in [1.54, 1.807) is 0 Å². The van der Waals surface area contributed by atoms with Crippen LogP contribution in [-0.2, 0) is 9.53 Å². The van der Waals surface area contributed by atoms with E-state index in [0.29, 0.717) is 22.9 Å². The van der Waals surface area contributed by atoms with Crippen LogP contribution in [0.4, 0.5) is 0 Å². The maximum atomic E-state index is 11.1. The van der Waals surface area contributed by atoms with Crippen LogP contribution in [0.25, 0.3) is 0 Å². The lowest BCUT2D eigenvalue weighted by Gasteiger charge is -1.94. The van der Waals surface area contributed by atoms with E-state index in [1.165, 1.54) is 31.6 Å². The van der Waals surface area contributed by atoms with Crippen LogP contribution < -0.4 is 5.32 Å². The predicted octanol–water partition coefficient (Wildman–Crippen LogP) is 0.807. The molecule has 0 saturated carbocycles. The minimum absolute atomic E-state index is 0.0750. The van der Waals surface area contributed by atoms with Crippen LogP contribution in [0.15, 0.2) is 6.20 Å². The van der Waals surface area contributed by atoms with Gasteiger partial charge in [-0.2, -0.15) is 0 Å². The summed E-state index contributed by atoms with van der Waals surface area (Å²) < 4.78 is 4.55. The van der Waals surface area contributed by atoms with E-state index in [9.17, 15) is 9.59 Å². The largest absolute Gasteiger partial charge is 0.465 e. The monoisotopic (exact) mass is 252 g/mol. The highest BCUT2D eigenvalue weighted by Gasteiger charge is 2.08. The Hall–Kier alpha value is -1.87. The van der Waals surface area contributed by atoms with Gasteiger partial charge in [-0.1, -0.05) is 17.3 Å². The third-order valence-corrected chi connectivity index (χ3v) is 2.60. The van der Waals surface area contributed by atoms with Gasteiger partial charge in [-0.25, -0.2) is 9.78 Å². The molecule has 17 heavy (non-hydrogen) atoms. The number of carbonyl (C=O) groups excluding carboxylic acids is 2. The fourth-order valence-corrected chi connectivity index (χ4v) is 1.67. The summed E-state index contributed by atoms with van der Waals surface area (Å²) in [5.41, 5.74) is 0. The molecule has 1 aromatic rings. The van der Waals surface area contributed by atoms with Crippen LogP contribution in [0.5, 0.6) is 0 Å². The number of methoxy groups -OCH3 is 1. The zero-order valence-corrected chi connectivity index (χ0v) is 10.4. The SMILES string of the molecule is COC(=O)c1cnc(C#CCCNC(C)=O)s1. The molecule has 1 rings (SSSR count). The van der Waals surface area contributed by atoms with Crippen molar-refractivity contribution in [1.29, 1.82) is 0 Å². The van der Waals surface area contributed by atoms with Gasteiger partial charge in [-0.05, 0) is 5.92 Å². The number of nitrogens with one attached hydrogen (secondary N) is 1. The highest BCUT2D eigenvalue weighted by atomic mass is 32.1. The number of nitrogens with zero attached hydrogens (tertiary/aromatic N) is 1. The van der Waals surface area contributed by atoms with Crippen molar-refractivity contribution in [2.24, 2.45) is 0 Å². The van der Waals surface area contributed by atoms with Gasteiger partial charge in [-0.3, -0.25) is 4.79 Å². The number of ether oxygens (including phenoxy) is 1. The number of amides is 1. The van der Waals surface area contributed by atoms with Gasteiger partial charge in [-0.15, -0.1) is 0 Å². The first-order valence-corrected chi connectivity index (χ1v) is 5.72. The van der Waals surface area contributed by atoms with Crippen LogP contribution in [-0.4, -0.2) is 30.5 Å². The minimum Gasteiger partial charge on any atom is -0.465 e. The Labute approximate surface area is 103 Å². The number of hydrogen-bond acceptors (Lipinski definition) is 5. The summed E-state index contributed by atoms with van der Waals surface area (Å²) in [4.78, 5) is 26.1. The van der Waals surface area contributed by atoms with Crippen molar-refractivity contribution in [2.75, 3.05) is 13.7 Å². The standard InChI is InChI=1S/C11H12N2O3S/c1-8(14)12-6-4-3-5-10-13-7-9(17-10)11(15)16-2/h7H,4,6H2,1-2H3,(H,12,14). The molecule has 0 atom stereocenters. The zero-order chi connectivity index (χ0) is 12.7. The molecule has 0 fully saturated rings. The Bertz CT molecular complexity index is 471. The first-order valence-electron chi connectivity index (χ1n) is 4.91. The fraction of sp³-hybridized carbons (Fsp3) is 0.364. The van der Waals surface area contributed by atoms with E-state index < -0.39 is 5.97 Å². The number of rotatable bonds is 3. The summed E-state index contributed by atoms with van der Waals surface area (Å²) in [5, 5.41) is 3.19. The Morgan fingerprint density at radius 2 is 2.35 bits per heavy atom. The number of esters is 1. The van der Waals surface area contributed by atoms with E-state index in [-0.39, 0.29) is 5.91 Å². The maximum absolute atomic E-state index is 11.1. The summed E-state index contributed by atoms with van der Waals surface area (Å²) in [7, 11) is 1.32. The molecule has 0 bridgehead atoms. The second-order valence-electron chi connectivity index (χ2n) is 3.06. The van der Waals surface area contributed by atoms with Crippen molar-refractivity contribution >= 4 is 23.2 Å². The lowest BCUT2D eigenvalue weighted by atomic mass is 10.4. The molecular weight excluding hydrogens is 240 g/mol. The van der Waals surface area contributed by atoms with Crippen molar-refractivity contribution in [1.82, 2.24) is 10.3 Å². The average molecular weight is 252 g/mol. The molecule has 5 nitrogen and oxygen atoms in total. The Balaban J connectivity index is 2.46. The molecule has 0 aliphatic heterocycles. The van der Waals surface area contributed by atoms with E-state index in [2.05, 4.69) is 26.9 Å². The molecule has 6 heteroatoms. The number of aromatic nitrogens is 1. The maximum Gasteiger partial charge on any atom is 0.349 e. The van der Waals surface area contributed by atoms with Gasteiger partial charge in [0.1, 0.15) is 4.88 Å². The van der Waals surface area contributed by atoms with Crippen LogP contribution in [0, 0.1) is 11.8 Å². The van der Waals surface area contributed by atoms with Gasteiger partial charge in [0.05, 0.1) is 13.3 Å². The topological polar surface area (TPSA) is 68.3 Å². The van der Waals surface area contributed by atoms with E-state index in [1.807, 2.05) is 0 Å². The molecule has 1 heterocycles. The summed E-state index contributed by atoms with van der Waals surface area (Å²) >= 11 is 1.18. The van der Waals surface area contributed by atoms with E-state index in [0.717, 1.165) is 0 Å².